The standard InChI is InChI=1S/C9H7NO2S2/c1-13-7-6(5-2-3-14-4-5)8(11)10-9(7)12/h2-4H,1H3,(H,10,11,12). The maximum Gasteiger partial charge on any atom is 0.265 e. The van der Waals surface area contributed by atoms with Gasteiger partial charge in [-0.25, -0.2) is 0 Å². The third-order valence-corrected chi connectivity index (χ3v) is 3.38. The van der Waals surface area contributed by atoms with Crippen LogP contribution in [0.3, 0.4) is 0 Å². The summed E-state index contributed by atoms with van der Waals surface area (Å²) in [4.78, 5) is 23.3. The van der Waals surface area contributed by atoms with Crippen molar-refractivity contribution < 1.29 is 9.59 Å². The van der Waals surface area contributed by atoms with Crippen molar-refractivity contribution in [1.82, 2.24) is 5.32 Å². The summed E-state index contributed by atoms with van der Waals surface area (Å²) in [5.74, 6) is -0.582. The monoisotopic (exact) mass is 225 g/mol. The molecule has 1 aliphatic heterocycles. The second-order valence-electron chi connectivity index (χ2n) is 2.70. The van der Waals surface area contributed by atoms with Gasteiger partial charge in [0.1, 0.15) is 0 Å². The van der Waals surface area contributed by atoms with Crippen LogP contribution in [0.25, 0.3) is 5.57 Å². The first-order valence-corrected chi connectivity index (χ1v) is 6.07. The highest BCUT2D eigenvalue weighted by atomic mass is 32.2. The molecule has 0 saturated heterocycles. The predicted octanol–water partition coefficient (Wildman–Crippen LogP) is 1.48. The van der Waals surface area contributed by atoms with Crippen LogP contribution in [0, 0.1) is 0 Å². The highest BCUT2D eigenvalue weighted by Crippen LogP contribution is 2.30. The predicted molar refractivity (Wildman–Crippen MR) is 57.9 cm³/mol. The minimum Gasteiger partial charge on any atom is -0.288 e. The Bertz CT molecular complexity index is 420. The zero-order valence-corrected chi connectivity index (χ0v) is 9.00. The number of thioether (sulfide) groups is 1. The van der Waals surface area contributed by atoms with Gasteiger partial charge in [0.2, 0.25) is 0 Å². The lowest BCUT2D eigenvalue weighted by atomic mass is 10.1. The molecule has 2 rings (SSSR count). The highest BCUT2D eigenvalue weighted by Gasteiger charge is 2.30. The average Bonchev–Trinajstić information content (AvgIpc) is 2.72. The lowest BCUT2D eigenvalue weighted by Crippen LogP contribution is -2.22. The first-order chi connectivity index (χ1) is 6.74. The maximum absolute atomic E-state index is 11.5. The van der Waals surface area contributed by atoms with Crippen molar-refractivity contribution in [3.05, 3.63) is 27.3 Å². The van der Waals surface area contributed by atoms with Crippen LogP contribution in [-0.4, -0.2) is 18.1 Å². The Balaban J connectivity index is 2.54. The number of nitrogens with one attached hydrogen (secondary N) is 1. The number of carbonyl (C=O) groups is 2. The topological polar surface area (TPSA) is 46.2 Å². The summed E-state index contributed by atoms with van der Waals surface area (Å²) in [6.07, 6.45) is 1.79. The molecule has 0 atom stereocenters. The molecule has 0 aliphatic carbocycles. The molecule has 0 unspecified atom stereocenters. The van der Waals surface area contributed by atoms with Crippen molar-refractivity contribution in [1.29, 1.82) is 0 Å². The molecule has 1 aliphatic rings. The molecule has 14 heavy (non-hydrogen) atoms. The summed E-state index contributed by atoms with van der Waals surface area (Å²) in [6, 6.07) is 1.84. The summed E-state index contributed by atoms with van der Waals surface area (Å²) in [7, 11) is 0. The van der Waals surface area contributed by atoms with E-state index in [1.165, 1.54) is 23.1 Å². The van der Waals surface area contributed by atoms with Gasteiger partial charge in [0, 0.05) is 0 Å². The fourth-order valence-corrected chi connectivity index (χ4v) is 2.60. The molecule has 2 amide bonds. The number of hydrogen-bond donors (Lipinski definition) is 1. The minimum atomic E-state index is -0.294. The maximum atomic E-state index is 11.5. The molecule has 72 valence electrons. The Labute approximate surface area is 89.2 Å². The Morgan fingerprint density at radius 3 is 2.71 bits per heavy atom. The first-order valence-electron chi connectivity index (χ1n) is 3.90. The zero-order valence-electron chi connectivity index (χ0n) is 7.37. The van der Waals surface area contributed by atoms with E-state index in [9.17, 15) is 9.59 Å². The fraction of sp³-hybridized carbons (Fsp3) is 0.111. The second-order valence-corrected chi connectivity index (χ2v) is 4.30. The van der Waals surface area contributed by atoms with Gasteiger partial charge in [-0.2, -0.15) is 11.3 Å². The fourth-order valence-electron chi connectivity index (χ4n) is 1.30. The summed E-state index contributed by atoms with van der Waals surface area (Å²) in [5.41, 5.74) is 1.33. The van der Waals surface area contributed by atoms with Crippen LogP contribution in [0.4, 0.5) is 0 Å². The van der Waals surface area contributed by atoms with Gasteiger partial charge < -0.3 is 0 Å². The van der Waals surface area contributed by atoms with Crippen LogP contribution in [-0.2, 0) is 9.59 Å². The van der Waals surface area contributed by atoms with E-state index in [2.05, 4.69) is 5.32 Å². The van der Waals surface area contributed by atoms with Gasteiger partial charge in [0.15, 0.2) is 0 Å². The van der Waals surface area contributed by atoms with Crippen LogP contribution < -0.4 is 5.32 Å². The number of hydrogen-bond acceptors (Lipinski definition) is 4. The van der Waals surface area contributed by atoms with Crippen molar-refractivity contribution in [3.8, 4) is 0 Å². The van der Waals surface area contributed by atoms with Crippen LogP contribution in [0.5, 0.6) is 0 Å². The first kappa shape index (κ1) is 9.48. The molecule has 0 aromatic carbocycles. The second kappa shape index (κ2) is 3.59. The summed E-state index contributed by atoms with van der Waals surface area (Å²) in [5, 5.41) is 6.04. The SMILES string of the molecule is CSC1=C(c2ccsc2)C(=O)NC1=O. The molecular weight excluding hydrogens is 218 g/mol. The zero-order chi connectivity index (χ0) is 10.1. The summed E-state index contributed by atoms with van der Waals surface area (Å²) >= 11 is 2.81. The number of carbonyl (C=O) groups excluding carboxylic acids is 2. The van der Waals surface area contributed by atoms with Crippen molar-refractivity contribution in [2.45, 2.75) is 0 Å². The molecule has 0 bridgehead atoms. The minimum absolute atomic E-state index is 0.288. The number of thiophene rings is 1. The van der Waals surface area contributed by atoms with Gasteiger partial charge in [0.05, 0.1) is 10.5 Å². The van der Waals surface area contributed by atoms with E-state index in [0.29, 0.717) is 10.5 Å². The Morgan fingerprint density at radius 2 is 2.14 bits per heavy atom. The van der Waals surface area contributed by atoms with Gasteiger partial charge in [-0.3, -0.25) is 14.9 Å². The highest BCUT2D eigenvalue weighted by molar-refractivity contribution is 8.03. The largest absolute Gasteiger partial charge is 0.288 e. The van der Waals surface area contributed by atoms with Gasteiger partial charge >= 0.3 is 0 Å². The summed E-state index contributed by atoms with van der Waals surface area (Å²) in [6.45, 7) is 0. The molecule has 0 spiro atoms. The van der Waals surface area contributed by atoms with Crippen LogP contribution in [0.2, 0.25) is 0 Å². The van der Waals surface area contributed by atoms with E-state index in [1.807, 2.05) is 16.8 Å². The Kier molecular flexibility index (Phi) is 2.43. The molecule has 3 nitrogen and oxygen atoms in total. The molecule has 1 aromatic heterocycles. The number of imide groups is 1. The molecule has 0 fully saturated rings. The van der Waals surface area contributed by atoms with E-state index < -0.39 is 0 Å². The van der Waals surface area contributed by atoms with Gasteiger partial charge in [0.25, 0.3) is 11.8 Å². The van der Waals surface area contributed by atoms with E-state index in [-0.39, 0.29) is 11.8 Å². The normalized spacial score (nSPS) is 16.4. The van der Waals surface area contributed by atoms with Gasteiger partial charge in [-0.05, 0) is 28.6 Å². The Hall–Kier alpha value is -1.07. The van der Waals surface area contributed by atoms with Crippen LogP contribution in [0.15, 0.2) is 21.7 Å². The van der Waals surface area contributed by atoms with Crippen LogP contribution >= 0.6 is 23.1 Å². The van der Waals surface area contributed by atoms with E-state index in [1.54, 1.807) is 6.26 Å². The molecular formula is C9H7NO2S2. The lowest BCUT2D eigenvalue weighted by molar-refractivity contribution is -0.123. The van der Waals surface area contributed by atoms with Crippen LogP contribution in [0.1, 0.15) is 5.56 Å². The van der Waals surface area contributed by atoms with Crippen molar-refractivity contribution in [2.75, 3.05) is 6.26 Å². The van der Waals surface area contributed by atoms with Gasteiger partial charge in [-0.15, -0.1) is 11.8 Å². The quantitative estimate of drug-likeness (QED) is 0.775. The van der Waals surface area contributed by atoms with Crippen molar-refractivity contribution >= 4 is 40.5 Å². The van der Waals surface area contributed by atoms with Crippen molar-refractivity contribution in [3.63, 3.8) is 0 Å². The third-order valence-electron chi connectivity index (χ3n) is 1.90. The summed E-state index contributed by atoms with van der Waals surface area (Å²) < 4.78 is 0. The molecule has 1 aromatic rings. The molecule has 0 saturated carbocycles. The van der Waals surface area contributed by atoms with Crippen molar-refractivity contribution in [2.24, 2.45) is 0 Å². The van der Waals surface area contributed by atoms with E-state index >= 15 is 0 Å². The van der Waals surface area contributed by atoms with E-state index in [0.717, 1.165) is 5.56 Å². The number of amides is 2. The van der Waals surface area contributed by atoms with E-state index in [4.69, 9.17) is 0 Å². The number of rotatable bonds is 2. The lowest BCUT2D eigenvalue weighted by Gasteiger charge is -1.96. The Morgan fingerprint density at radius 1 is 1.36 bits per heavy atom. The smallest absolute Gasteiger partial charge is 0.265 e. The third kappa shape index (κ3) is 1.38. The molecule has 5 heteroatoms. The molecule has 0 radical (unpaired) electrons. The average molecular weight is 225 g/mol. The molecule has 2 heterocycles. The molecule has 1 N–H and O–H groups in total. The van der Waals surface area contributed by atoms with Gasteiger partial charge in [-0.1, -0.05) is 0 Å².